The van der Waals surface area contributed by atoms with Crippen LogP contribution < -0.4 is 0 Å². The highest BCUT2D eigenvalue weighted by atomic mass is 35.5. The highest BCUT2D eigenvalue weighted by molar-refractivity contribution is 7.89. The van der Waals surface area contributed by atoms with Gasteiger partial charge in [0, 0.05) is 45.0 Å². The van der Waals surface area contributed by atoms with Crippen LogP contribution in [0, 0.1) is 0 Å². The number of aromatic amines is 1. The molecule has 1 aliphatic rings. The van der Waals surface area contributed by atoms with Gasteiger partial charge in [-0.1, -0.05) is 6.92 Å². The molecule has 2 heterocycles. The van der Waals surface area contributed by atoms with Gasteiger partial charge in [0.25, 0.3) is 10.0 Å². The number of hydrogen-bond acceptors (Lipinski definition) is 4. The largest absolute Gasteiger partial charge is 0.332 e. The lowest BCUT2D eigenvalue weighted by Crippen LogP contribution is -2.49. The van der Waals surface area contributed by atoms with E-state index >= 15 is 0 Å². The molecule has 0 bridgehead atoms. The van der Waals surface area contributed by atoms with Crippen molar-refractivity contribution in [2.45, 2.75) is 18.4 Å². The van der Waals surface area contributed by atoms with E-state index in [0.29, 0.717) is 31.2 Å². The predicted octanol–water partition coefficient (Wildman–Crippen LogP) is 0.517. The molecule has 0 radical (unpaired) electrons. The van der Waals surface area contributed by atoms with Crippen LogP contribution in [0.4, 0.5) is 0 Å². The van der Waals surface area contributed by atoms with Crippen LogP contribution >= 0.6 is 11.6 Å². The summed E-state index contributed by atoms with van der Waals surface area (Å²) >= 11 is 5.69. The zero-order chi connectivity index (χ0) is 13.9. The molecular weight excluding hydrogens is 288 g/mol. The molecule has 0 atom stereocenters. The SMILES string of the molecule is CCc1ncc(S(=O)(=O)N2CCN(CCCl)CC2)[nH]1. The van der Waals surface area contributed by atoms with Gasteiger partial charge in [-0.3, -0.25) is 4.90 Å². The van der Waals surface area contributed by atoms with Gasteiger partial charge in [-0.2, -0.15) is 4.31 Å². The lowest BCUT2D eigenvalue weighted by Gasteiger charge is -2.33. The second-order valence-corrected chi connectivity index (χ2v) is 6.77. The Balaban J connectivity index is 2.05. The maximum atomic E-state index is 12.4. The molecule has 1 fully saturated rings. The molecule has 0 spiro atoms. The van der Waals surface area contributed by atoms with E-state index in [1.54, 1.807) is 0 Å². The van der Waals surface area contributed by atoms with Crippen LogP contribution in [0.3, 0.4) is 0 Å². The standard InChI is InChI=1S/C11H19ClN4O2S/c1-2-10-13-9-11(14-10)19(17,18)16-7-5-15(4-3-12)6-8-16/h9H,2-8H2,1H3,(H,13,14). The second kappa shape index (κ2) is 6.21. The number of sulfonamides is 1. The van der Waals surface area contributed by atoms with E-state index in [1.807, 2.05) is 6.92 Å². The molecule has 1 aromatic heterocycles. The van der Waals surface area contributed by atoms with Gasteiger partial charge in [-0.25, -0.2) is 13.4 Å². The molecule has 1 aliphatic heterocycles. The number of imidazole rings is 1. The summed E-state index contributed by atoms with van der Waals surface area (Å²) in [5, 5.41) is 0.190. The molecule has 2 rings (SSSR count). The minimum Gasteiger partial charge on any atom is -0.332 e. The average Bonchev–Trinajstić information content (AvgIpc) is 2.89. The fourth-order valence-corrected chi connectivity index (χ4v) is 3.70. The Morgan fingerprint density at radius 2 is 2.05 bits per heavy atom. The lowest BCUT2D eigenvalue weighted by atomic mass is 10.4. The van der Waals surface area contributed by atoms with Crippen molar-refractivity contribution in [2.75, 3.05) is 38.6 Å². The third-order valence-corrected chi connectivity index (χ3v) is 5.27. The van der Waals surface area contributed by atoms with Crippen LogP contribution in [0.25, 0.3) is 0 Å². The number of nitrogens with zero attached hydrogens (tertiary/aromatic N) is 3. The molecule has 0 amide bonds. The molecule has 1 aromatic rings. The molecule has 8 heteroatoms. The summed E-state index contributed by atoms with van der Waals surface area (Å²) in [6, 6.07) is 0. The summed E-state index contributed by atoms with van der Waals surface area (Å²) in [5.41, 5.74) is 0. The highest BCUT2D eigenvalue weighted by Crippen LogP contribution is 2.16. The smallest absolute Gasteiger partial charge is 0.260 e. The molecule has 0 unspecified atom stereocenters. The molecule has 0 aromatic carbocycles. The Bertz CT molecular complexity index is 509. The number of halogens is 1. The van der Waals surface area contributed by atoms with Gasteiger partial charge in [-0.15, -0.1) is 11.6 Å². The number of hydrogen-bond donors (Lipinski definition) is 1. The number of alkyl halides is 1. The predicted molar refractivity (Wildman–Crippen MR) is 73.9 cm³/mol. The third kappa shape index (κ3) is 3.28. The summed E-state index contributed by atoms with van der Waals surface area (Å²) in [5.74, 6) is 1.27. The Morgan fingerprint density at radius 3 is 2.58 bits per heavy atom. The zero-order valence-corrected chi connectivity index (χ0v) is 12.5. The number of piperazine rings is 1. The summed E-state index contributed by atoms with van der Waals surface area (Å²) in [4.78, 5) is 9.08. The second-order valence-electron chi connectivity index (χ2n) is 4.48. The molecule has 0 saturated carbocycles. The van der Waals surface area contributed by atoms with E-state index in [-0.39, 0.29) is 5.03 Å². The van der Waals surface area contributed by atoms with E-state index in [4.69, 9.17) is 11.6 Å². The fourth-order valence-electron chi connectivity index (χ4n) is 2.11. The van der Waals surface area contributed by atoms with Crippen molar-refractivity contribution in [1.82, 2.24) is 19.2 Å². The maximum absolute atomic E-state index is 12.4. The Hall–Kier alpha value is -0.630. The monoisotopic (exact) mass is 306 g/mol. The van der Waals surface area contributed by atoms with Gasteiger partial charge in [0.1, 0.15) is 5.82 Å². The van der Waals surface area contributed by atoms with E-state index in [2.05, 4.69) is 14.9 Å². The molecule has 19 heavy (non-hydrogen) atoms. The topological polar surface area (TPSA) is 69.3 Å². The van der Waals surface area contributed by atoms with Crippen molar-refractivity contribution < 1.29 is 8.42 Å². The Morgan fingerprint density at radius 1 is 1.37 bits per heavy atom. The number of aromatic nitrogens is 2. The average molecular weight is 307 g/mol. The van der Waals surface area contributed by atoms with E-state index < -0.39 is 10.0 Å². The van der Waals surface area contributed by atoms with Crippen molar-refractivity contribution >= 4 is 21.6 Å². The summed E-state index contributed by atoms with van der Waals surface area (Å²) in [6.45, 7) is 5.18. The van der Waals surface area contributed by atoms with E-state index in [1.165, 1.54) is 10.5 Å². The van der Waals surface area contributed by atoms with Crippen LogP contribution in [-0.4, -0.2) is 66.2 Å². The van der Waals surface area contributed by atoms with Crippen molar-refractivity contribution in [3.05, 3.63) is 12.0 Å². The first-order valence-corrected chi connectivity index (χ1v) is 8.37. The minimum absolute atomic E-state index is 0.190. The number of H-pyrrole nitrogens is 1. The van der Waals surface area contributed by atoms with Crippen LogP contribution in [-0.2, 0) is 16.4 Å². The van der Waals surface area contributed by atoms with Gasteiger partial charge in [0.15, 0.2) is 5.03 Å². The van der Waals surface area contributed by atoms with Crippen LogP contribution in [0.5, 0.6) is 0 Å². The third-order valence-electron chi connectivity index (χ3n) is 3.29. The number of nitrogens with one attached hydrogen (secondary N) is 1. The van der Waals surface area contributed by atoms with E-state index in [0.717, 1.165) is 19.6 Å². The zero-order valence-electron chi connectivity index (χ0n) is 11.0. The van der Waals surface area contributed by atoms with Gasteiger partial charge >= 0.3 is 0 Å². The fraction of sp³-hybridized carbons (Fsp3) is 0.727. The van der Waals surface area contributed by atoms with Gasteiger partial charge in [0.2, 0.25) is 0 Å². The molecule has 108 valence electrons. The molecule has 1 saturated heterocycles. The first-order valence-electron chi connectivity index (χ1n) is 6.40. The molecule has 0 aliphatic carbocycles. The van der Waals surface area contributed by atoms with Gasteiger partial charge in [0.05, 0.1) is 6.20 Å². The van der Waals surface area contributed by atoms with Crippen molar-refractivity contribution in [3.8, 4) is 0 Å². The Labute approximate surface area is 118 Å². The summed E-state index contributed by atoms with van der Waals surface area (Å²) < 4.78 is 26.3. The van der Waals surface area contributed by atoms with Crippen LogP contribution in [0.1, 0.15) is 12.7 Å². The van der Waals surface area contributed by atoms with Gasteiger partial charge in [-0.05, 0) is 0 Å². The molecule has 1 N–H and O–H groups in total. The maximum Gasteiger partial charge on any atom is 0.260 e. The lowest BCUT2D eigenvalue weighted by molar-refractivity contribution is 0.197. The highest BCUT2D eigenvalue weighted by Gasteiger charge is 2.29. The number of rotatable bonds is 5. The van der Waals surface area contributed by atoms with Crippen molar-refractivity contribution in [2.24, 2.45) is 0 Å². The van der Waals surface area contributed by atoms with Crippen molar-refractivity contribution in [3.63, 3.8) is 0 Å². The van der Waals surface area contributed by atoms with Gasteiger partial charge < -0.3 is 4.98 Å². The molecular formula is C11H19ClN4O2S. The number of aryl methyl sites for hydroxylation is 1. The van der Waals surface area contributed by atoms with Crippen molar-refractivity contribution in [1.29, 1.82) is 0 Å². The summed E-state index contributed by atoms with van der Waals surface area (Å²) in [7, 11) is -3.43. The van der Waals surface area contributed by atoms with Crippen LogP contribution in [0.2, 0.25) is 0 Å². The minimum atomic E-state index is -3.43. The molecule has 6 nitrogen and oxygen atoms in total. The first-order chi connectivity index (χ1) is 9.07. The summed E-state index contributed by atoms with van der Waals surface area (Å²) in [6.07, 6.45) is 2.10. The Kier molecular flexibility index (Phi) is 4.83. The quantitative estimate of drug-likeness (QED) is 0.805. The van der Waals surface area contributed by atoms with E-state index in [9.17, 15) is 8.42 Å². The first kappa shape index (κ1) is 14.8. The van der Waals surface area contributed by atoms with Crippen LogP contribution in [0.15, 0.2) is 11.2 Å². The normalized spacial score (nSPS) is 18.8.